The van der Waals surface area contributed by atoms with Crippen molar-refractivity contribution in [3.8, 4) is 6.07 Å². The summed E-state index contributed by atoms with van der Waals surface area (Å²) < 4.78 is 42.6. The van der Waals surface area contributed by atoms with Gasteiger partial charge in [-0.15, -0.1) is 0 Å². The second kappa shape index (κ2) is 8.50. The van der Waals surface area contributed by atoms with Crippen molar-refractivity contribution in [2.24, 2.45) is 0 Å². The van der Waals surface area contributed by atoms with E-state index in [0.29, 0.717) is 18.5 Å². The Bertz CT molecular complexity index is 1030. The maximum atomic E-state index is 14.3. The van der Waals surface area contributed by atoms with Crippen LogP contribution in [0.15, 0.2) is 47.4 Å². The Labute approximate surface area is 163 Å². The number of hydrogen-bond acceptors (Lipinski definition) is 4. The van der Waals surface area contributed by atoms with E-state index in [4.69, 9.17) is 5.26 Å². The van der Waals surface area contributed by atoms with E-state index in [2.05, 4.69) is 10.0 Å². The van der Waals surface area contributed by atoms with Crippen LogP contribution in [0.1, 0.15) is 36.0 Å². The molecule has 0 saturated carbocycles. The monoisotopic (exact) mass is 401 g/mol. The zero-order valence-electron chi connectivity index (χ0n) is 15.1. The SMILES string of the molecule is N#Cc1ccc(Cc2ccccc2S(=O)(=O)N[C@@H]2CCCCNC2=O)c(F)c1. The van der Waals surface area contributed by atoms with Crippen LogP contribution in [0.3, 0.4) is 0 Å². The fourth-order valence-electron chi connectivity index (χ4n) is 3.18. The molecule has 1 fully saturated rings. The van der Waals surface area contributed by atoms with Crippen LogP contribution >= 0.6 is 0 Å². The minimum atomic E-state index is -3.97. The van der Waals surface area contributed by atoms with Gasteiger partial charge in [0.1, 0.15) is 11.9 Å². The second-order valence-electron chi connectivity index (χ2n) is 6.66. The summed E-state index contributed by atoms with van der Waals surface area (Å²) in [5.41, 5.74) is 0.893. The summed E-state index contributed by atoms with van der Waals surface area (Å²) in [6.45, 7) is 0.533. The highest BCUT2D eigenvalue weighted by Crippen LogP contribution is 2.22. The van der Waals surface area contributed by atoms with Gasteiger partial charge in [-0.05, 0) is 48.6 Å². The molecule has 0 radical (unpaired) electrons. The number of carbonyl (C=O) groups is 1. The predicted molar refractivity (Wildman–Crippen MR) is 101 cm³/mol. The Morgan fingerprint density at radius 2 is 1.96 bits per heavy atom. The highest BCUT2D eigenvalue weighted by Gasteiger charge is 2.28. The summed E-state index contributed by atoms with van der Waals surface area (Å²) >= 11 is 0. The highest BCUT2D eigenvalue weighted by atomic mass is 32.2. The fourth-order valence-corrected chi connectivity index (χ4v) is 4.65. The molecule has 0 aliphatic carbocycles. The molecule has 2 aromatic rings. The summed E-state index contributed by atoms with van der Waals surface area (Å²) in [5.74, 6) is -0.904. The number of benzene rings is 2. The molecular formula is C20H20FN3O3S. The molecular weight excluding hydrogens is 381 g/mol. The Morgan fingerprint density at radius 1 is 1.18 bits per heavy atom. The Hall–Kier alpha value is -2.76. The van der Waals surface area contributed by atoms with Gasteiger partial charge in [0.25, 0.3) is 0 Å². The lowest BCUT2D eigenvalue weighted by atomic mass is 10.0. The number of nitrogens with one attached hydrogen (secondary N) is 2. The van der Waals surface area contributed by atoms with Crippen molar-refractivity contribution in [2.75, 3.05) is 6.54 Å². The summed E-state index contributed by atoms with van der Waals surface area (Å²) in [4.78, 5) is 12.1. The molecule has 8 heteroatoms. The molecule has 146 valence electrons. The van der Waals surface area contributed by atoms with Gasteiger partial charge < -0.3 is 5.32 Å². The topological polar surface area (TPSA) is 99.1 Å². The standard InChI is InChI=1S/C20H20FN3O3S/c21-17-11-14(13-22)8-9-15(17)12-16-5-1-2-7-19(16)28(26,27)24-18-6-3-4-10-23-20(18)25/h1-2,5,7-9,11,18,24H,3-4,6,10,12H2,(H,23,25)/t18-/m1/s1. The Balaban J connectivity index is 1.89. The van der Waals surface area contributed by atoms with Crippen LogP contribution in [0.5, 0.6) is 0 Å². The minimum Gasteiger partial charge on any atom is -0.355 e. The van der Waals surface area contributed by atoms with Crippen LogP contribution in [0.4, 0.5) is 4.39 Å². The first kappa shape index (κ1) is 20.0. The first-order valence-corrected chi connectivity index (χ1v) is 10.5. The van der Waals surface area contributed by atoms with Crippen molar-refractivity contribution in [1.29, 1.82) is 5.26 Å². The molecule has 1 saturated heterocycles. The van der Waals surface area contributed by atoms with Gasteiger partial charge in [0.15, 0.2) is 0 Å². The van der Waals surface area contributed by atoms with Crippen LogP contribution in [0.2, 0.25) is 0 Å². The number of carbonyl (C=O) groups excluding carboxylic acids is 1. The molecule has 3 rings (SSSR count). The smallest absolute Gasteiger partial charge is 0.241 e. The quantitative estimate of drug-likeness (QED) is 0.803. The second-order valence-corrected chi connectivity index (χ2v) is 8.35. The maximum absolute atomic E-state index is 14.3. The van der Waals surface area contributed by atoms with Crippen molar-refractivity contribution in [2.45, 2.75) is 36.6 Å². The van der Waals surface area contributed by atoms with Gasteiger partial charge in [0.2, 0.25) is 15.9 Å². The maximum Gasteiger partial charge on any atom is 0.241 e. The van der Waals surface area contributed by atoms with Crippen molar-refractivity contribution < 1.29 is 17.6 Å². The van der Waals surface area contributed by atoms with Gasteiger partial charge in [-0.25, -0.2) is 12.8 Å². The van der Waals surface area contributed by atoms with Gasteiger partial charge in [-0.3, -0.25) is 4.79 Å². The third-order valence-electron chi connectivity index (χ3n) is 4.66. The van der Waals surface area contributed by atoms with Gasteiger partial charge in [-0.2, -0.15) is 9.98 Å². The summed E-state index contributed by atoms with van der Waals surface area (Å²) in [5, 5.41) is 11.6. The molecule has 1 atom stereocenters. The summed E-state index contributed by atoms with van der Waals surface area (Å²) in [6, 6.07) is 11.4. The van der Waals surface area contributed by atoms with Crippen LogP contribution in [0.25, 0.3) is 0 Å². The number of amides is 1. The summed E-state index contributed by atoms with van der Waals surface area (Å²) in [7, 11) is -3.97. The number of rotatable bonds is 5. The van der Waals surface area contributed by atoms with Gasteiger partial charge in [0.05, 0.1) is 16.5 Å². The molecule has 1 aliphatic heterocycles. The third kappa shape index (κ3) is 4.55. The van der Waals surface area contributed by atoms with Crippen LogP contribution in [0, 0.1) is 17.1 Å². The van der Waals surface area contributed by atoms with E-state index in [9.17, 15) is 17.6 Å². The summed E-state index contributed by atoms with van der Waals surface area (Å²) in [6.07, 6.45) is 2.02. The van der Waals surface area contributed by atoms with Crippen molar-refractivity contribution >= 4 is 15.9 Å². The molecule has 0 unspecified atom stereocenters. The van der Waals surface area contributed by atoms with Crippen LogP contribution in [-0.2, 0) is 21.2 Å². The zero-order chi connectivity index (χ0) is 20.1. The van der Waals surface area contributed by atoms with E-state index < -0.39 is 21.9 Å². The molecule has 0 aromatic heterocycles. The number of sulfonamides is 1. The minimum absolute atomic E-state index is 0.0100. The molecule has 2 aromatic carbocycles. The van der Waals surface area contributed by atoms with Crippen molar-refractivity contribution in [3.63, 3.8) is 0 Å². The molecule has 1 heterocycles. The normalized spacial score (nSPS) is 17.4. The first-order chi connectivity index (χ1) is 13.4. The lowest BCUT2D eigenvalue weighted by Gasteiger charge is -2.17. The van der Waals surface area contributed by atoms with Crippen molar-refractivity contribution in [3.05, 3.63) is 65.0 Å². The van der Waals surface area contributed by atoms with E-state index in [0.717, 1.165) is 18.9 Å². The molecule has 0 bridgehead atoms. The molecule has 1 amide bonds. The number of halogens is 1. The average Bonchev–Trinajstić information content (AvgIpc) is 2.87. The van der Waals surface area contributed by atoms with E-state index in [1.807, 2.05) is 6.07 Å². The van der Waals surface area contributed by atoms with E-state index in [1.165, 1.54) is 18.2 Å². The number of nitriles is 1. The van der Waals surface area contributed by atoms with Gasteiger partial charge >= 0.3 is 0 Å². The van der Waals surface area contributed by atoms with Crippen molar-refractivity contribution in [1.82, 2.24) is 10.0 Å². The molecule has 28 heavy (non-hydrogen) atoms. The van der Waals surface area contributed by atoms with Gasteiger partial charge in [0, 0.05) is 13.0 Å². The molecule has 0 spiro atoms. The third-order valence-corrected chi connectivity index (χ3v) is 6.23. The highest BCUT2D eigenvalue weighted by molar-refractivity contribution is 7.89. The number of hydrogen-bond donors (Lipinski definition) is 2. The average molecular weight is 401 g/mol. The molecule has 1 aliphatic rings. The lowest BCUT2D eigenvalue weighted by Crippen LogP contribution is -2.45. The van der Waals surface area contributed by atoms with Crippen LogP contribution in [-0.4, -0.2) is 26.9 Å². The first-order valence-electron chi connectivity index (χ1n) is 8.97. The largest absolute Gasteiger partial charge is 0.355 e. The Morgan fingerprint density at radius 3 is 2.71 bits per heavy atom. The molecule has 2 N–H and O–H groups in total. The lowest BCUT2D eigenvalue weighted by molar-refractivity contribution is -0.122. The predicted octanol–water partition coefficient (Wildman–Crippen LogP) is 2.24. The Kier molecular flexibility index (Phi) is 6.07. The van der Waals surface area contributed by atoms with E-state index >= 15 is 0 Å². The molecule has 6 nitrogen and oxygen atoms in total. The fraction of sp³-hybridized carbons (Fsp3) is 0.300. The van der Waals surface area contributed by atoms with Gasteiger partial charge in [-0.1, -0.05) is 24.3 Å². The van der Waals surface area contributed by atoms with E-state index in [1.54, 1.807) is 18.2 Å². The zero-order valence-corrected chi connectivity index (χ0v) is 15.9. The van der Waals surface area contributed by atoms with E-state index in [-0.39, 0.29) is 28.4 Å². The van der Waals surface area contributed by atoms with Crippen LogP contribution < -0.4 is 10.0 Å². The number of nitrogens with zero attached hydrogens (tertiary/aromatic N) is 1.